The van der Waals surface area contributed by atoms with Gasteiger partial charge in [0.2, 0.25) is 5.91 Å². The summed E-state index contributed by atoms with van der Waals surface area (Å²) >= 11 is 0. The molecule has 1 heterocycles. The number of carboxylic acids is 1. The fourth-order valence-electron chi connectivity index (χ4n) is 1.65. The predicted molar refractivity (Wildman–Crippen MR) is 61.9 cm³/mol. The van der Waals surface area contributed by atoms with Crippen molar-refractivity contribution in [2.75, 3.05) is 6.54 Å². The smallest absolute Gasteiger partial charge is 0.407 e. The molecule has 18 heavy (non-hydrogen) atoms. The fourth-order valence-corrected chi connectivity index (χ4v) is 1.65. The van der Waals surface area contributed by atoms with Crippen LogP contribution in [0, 0.1) is 5.92 Å². The van der Waals surface area contributed by atoms with Crippen LogP contribution in [0.1, 0.15) is 27.2 Å². The zero-order chi connectivity index (χ0) is 13.9. The third kappa shape index (κ3) is 4.23. The molecule has 1 aliphatic heterocycles. The number of carboxylic acid groups (broad SMARTS) is 1. The Bertz CT molecular complexity index is 361. The van der Waals surface area contributed by atoms with E-state index in [-0.39, 0.29) is 18.9 Å². The normalized spacial score (nSPS) is 24.1. The molecule has 0 aromatic carbocycles. The second-order valence-corrected chi connectivity index (χ2v) is 5.21. The number of rotatable bonds is 2. The van der Waals surface area contributed by atoms with Crippen molar-refractivity contribution in [1.82, 2.24) is 10.6 Å². The van der Waals surface area contributed by atoms with Crippen LogP contribution < -0.4 is 10.6 Å². The summed E-state index contributed by atoms with van der Waals surface area (Å²) in [6.07, 6.45) is -0.774. The molecule has 0 radical (unpaired) electrons. The number of nitrogens with one attached hydrogen (secondary N) is 2. The molecule has 2 amide bonds. The summed E-state index contributed by atoms with van der Waals surface area (Å²) in [6, 6.07) is -0.744. The van der Waals surface area contributed by atoms with Crippen molar-refractivity contribution in [2.45, 2.75) is 38.8 Å². The highest BCUT2D eigenvalue weighted by Gasteiger charge is 2.36. The van der Waals surface area contributed by atoms with Gasteiger partial charge >= 0.3 is 12.1 Å². The van der Waals surface area contributed by atoms with Crippen molar-refractivity contribution in [3.8, 4) is 0 Å². The van der Waals surface area contributed by atoms with Crippen molar-refractivity contribution >= 4 is 18.0 Å². The first kappa shape index (κ1) is 14.3. The van der Waals surface area contributed by atoms with Gasteiger partial charge in [0.15, 0.2) is 0 Å². The monoisotopic (exact) mass is 258 g/mol. The second-order valence-electron chi connectivity index (χ2n) is 5.21. The Morgan fingerprint density at radius 2 is 2.06 bits per heavy atom. The van der Waals surface area contributed by atoms with E-state index in [1.165, 1.54) is 0 Å². The molecular formula is C11H18N2O5. The Morgan fingerprint density at radius 3 is 2.56 bits per heavy atom. The van der Waals surface area contributed by atoms with E-state index in [4.69, 9.17) is 9.84 Å². The van der Waals surface area contributed by atoms with Crippen LogP contribution in [0.4, 0.5) is 4.79 Å². The molecule has 1 saturated heterocycles. The van der Waals surface area contributed by atoms with Crippen LogP contribution in [0.3, 0.4) is 0 Å². The van der Waals surface area contributed by atoms with Gasteiger partial charge in [0.1, 0.15) is 5.60 Å². The minimum atomic E-state index is -1.06. The molecule has 1 rings (SSSR count). The number of alkyl carbamates (subject to hydrolysis) is 1. The van der Waals surface area contributed by atoms with Gasteiger partial charge in [-0.15, -0.1) is 0 Å². The largest absolute Gasteiger partial charge is 0.481 e. The van der Waals surface area contributed by atoms with Gasteiger partial charge in [-0.3, -0.25) is 9.59 Å². The van der Waals surface area contributed by atoms with Crippen molar-refractivity contribution in [2.24, 2.45) is 5.92 Å². The van der Waals surface area contributed by atoms with E-state index < -0.39 is 29.6 Å². The highest BCUT2D eigenvalue weighted by Crippen LogP contribution is 2.14. The van der Waals surface area contributed by atoms with E-state index in [0.717, 1.165) is 0 Å². The maximum Gasteiger partial charge on any atom is 0.407 e. The number of aliphatic carboxylic acids is 1. The Morgan fingerprint density at radius 1 is 1.44 bits per heavy atom. The minimum absolute atomic E-state index is 0.00856. The molecule has 7 heteroatoms. The summed E-state index contributed by atoms with van der Waals surface area (Å²) < 4.78 is 5.03. The first-order chi connectivity index (χ1) is 8.19. The van der Waals surface area contributed by atoms with Gasteiger partial charge in [0.25, 0.3) is 0 Å². The zero-order valence-corrected chi connectivity index (χ0v) is 10.6. The van der Waals surface area contributed by atoms with Crippen LogP contribution in [-0.2, 0) is 14.3 Å². The Kier molecular flexibility index (Phi) is 4.15. The fraction of sp³-hybridized carbons (Fsp3) is 0.727. The van der Waals surface area contributed by atoms with Gasteiger partial charge in [-0.05, 0) is 20.8 Å². The van der Waals surface area contributed by atoms with Crippen LogP contribution in [0.15, 0.2) is 0 Å². The van der Waals surface area contributed by atoms with Gasteiger partial charge < -0.3 is 20.5 Å². The van der Waals surface area contributed by atoms with E-state index in [1.54, 1.807) is 20.8 Å². The average molecular weight is 258 g/mol. The van der Waals surface area contributed by atoms with Crippen LogP contribution in [0.25, 0.3) is 0 Å². The maximum absolute atomic E-state index is 11.5. The van der Waals surface area contributed by atoms with Crippen molar-refractivity contribution in [1.29, 1.82) is 0 Å². The molecular weight excluding hydrogens is 240 g/mol. The molecule has 1 fully saturated rings. The van der Waals surface area contributed by atoms with E-state index >= 15 is 0 Å². The molecule has 0 aromatic rings. The third-order valence-electron chi connectivity index (χ3n) is 2.43. The van der Waals surface area contributed by atoms with Gasteiger partial charge in [0, 0.05) is 13.0 Å². The zero-order valence-electron chi connectivity index (χ0n) is 10.6. The van der Waals surface area contributed by atoms with Crippen LogP contribution >= 0.6 is 0 Å². The first-order valence-corrected chi connectivity index (χ1v) is 5.68. The number of carbonyl (C=O) groups is 3. The lowest BCUT2D eigenvalue weighted by Gasteiger charge is -2.30. The summed E-state index contributed by atoms with van der Waals surface area (Å²) in [5.74, 6) is -2.18. The van der Waals surface area contributed by atoms with Crippen molar-refractivity contribution < 1.29 is 24.2 Å². The lowest BCUT2D eigenvalue weighted by Crippen LogP contribution is -2.54. The standard InChI is InChI=1S/C11H18N2O5/c1-11(2,3)18-10(17)13-7-4-8(14)12-5-6(7)9(15)16/h6-7H,4-5H2,1-3H3,(H,12,14)(H,13,17)(H,15,16). The molecule has 0 aliphatic carbocycles. The molecule has 7 nitrogen and oxygen atoms in total. The highest BCUT2D eigenvalue weighted by atomic mass is 16.6. The lowest BCUT2D eigenvalue weighted by molar-refractivity contribution is -0.144. The van der Waals surface area contributed by atoms with E-state index in [1.807, 2.05) is 0 Å². The summed E-state index contributed by atoms with van der Waals surface area (Å²) in [5, 5.41) is 13.9. The van der Waals surface area contributed by atoms with Crippen LogP contribution in [-0.4, -0.2) is 41.3 Å². The van der Waals surface area contributed by atoms with E-state index in [0.29, 0.717) is 0 Å². The number of carbonyl (C=O) groups excluding carboxylic acids is 2. The highest BCUT2D eigenvalue weighted by molar-refractivity contribution is 5.83. The van der Waals surface area contributed by atoms with Gasteiger partial charge in [-0.2, -0.15) is 0 Å². The molecule has 2 atom stereocenters. The Balaban J connectivity index is 2.63. The summed E-state index contributed by atoms with van der Waals surface area (Å²) in [6.45, 7) is 5.12. The molecule has 0 aromatic heterocycles. The number of amides is 2. The van der Waals surface area contributed by atoms with Gasteiger partial charge in [0.05, 0.1) is 12.0 Å². The van der Waals surface area contributed by atoms with Crippen molar-refractivity contribution in [3.63, 3.8) is 0 Å². The number of ether oxygens (including phenoxy) is 1. The molecule has 0 spiro atoms. The number of hydrogen-bond acceptors (Lipinski definition) is 4. The minimum Gasteiger partial charge on any atom is -0.481 e. The van der Waals surface area contributed by atoms with Gasteiger partial charge in [-0.25, -0.2) is 4.79 Å². The molecule has 3 N–H and O–H groups in total. The molecule has 102 valence electrons. The van der Waals surface area contributed by atoms with Crippen molar-refractivity contribution in [3.05, 3.63) is 0 Å². The summed E-state index contributed by atoms with van der Waals surface area (Å²) in [7, 11) is 0. The van der Waals surface area contributed by atoms with Crippen LogP contribution in [0.5, 0.6) is 0 Å². The van der Waals surface area contributed by atoms with Gasteiger partial charge in [-0.1, -0.05) is 0 Å². The maximum atomic E-state index is 11.5. The lowest BCUT2D eigenvalue weighted by atomic mass is 9.93. The topological polar surface area (TPSA) is 105 Å². The molecule has 0 saturated carbocycles. The summed E-state index contributed by atoms with van der Waals surface area (Å²) in [4.78, 5) is 33.8. The second kappa shape index (κ2) is 5.24. The Hall–Kier alpha value is -1.79. The van der Waals surface area contributed by atoms with Crippen LogP contribution in [0.2, 0.25) is 0 Å². The first-order valence-electron chi connectivity index (χ1n) is 5.68. The average Bonchev–Trinajstić information content (AvgIpc) is 2.13. The third-order valence-corrected chi connectivity index (χ3v) is 2.43. The SMILES string of the molecule is CC(C)(C)OC(=O)NC1CC(=O)NCC1C(=O)O. The summed E-state index contributed by atoms with van der Waals surface area (Å²) in [5.41, 5.74) is -0.667. The number of hydrogen-bond donors (Lipinski definition) is 3. The number of piperidine rings is 1. The predicted octanol–water partition coefficient (Wildman–Crippen LogP) is 0.100. The Labute approximate surface area is 105 Å². The molecule has 0 bridgehead atoms. The quantitative estimate of drug-likeness (QED) is 0.651. The molecule has 2 unspecified atom stereocenters. The molecule has 1 aliphatic rings. The van der Waals surface area contributed by atoms with E-state index in [9.17, 15) is 14.4 Å². The van der Waals surface area contributed by atoms with E-state index in [2.05, 4.69) is 10.6 Å².